The molecule has 0 saturated heterocycles. The molecule has 0 amide bonds. The van der Waals surface area contributed by atoms with E-state index in [1.807, 2.05) is 29.5 Å². The second kappa shape index (κ2) is 3.88. The second-order valence-corrected chi connectivity index (χ2v) is 2.96. The first-order valence-electron chi connectivity index (χ1n) is 2.08. The van der Waals surface area contributed by atoms with Crippen LogP contribution in [0.25, 0.3) is 0 Å². The summed E-state index contributed by atoms with van der Waals surface area (Å²) in [6, 6.07) is 0. The Balaban J connectivity index is 3.70. The fourth-order valence-corrected chi connectivity index (χ4v) is 0.476. The molecule has 0 spiro atoms. The number of esters is 1. The second-order valence-electron chi connectivity index (χ2n) is 1.25. The van der Waals surface area contributed by atoms with E-state index >= 15 is 0 Å². The van der Waals surface area contributed by atoms with Crippen molar-refractivity contribution in [3.8, 4) is 0 Å². The Morgan fingerprint density at radius 2 is 2.25 bits per heavy atom. The number of halogens is 1. The number of rotatable bonds is 1. The number of carbonyl (C=O) groups is 1. The van der Waals surface area contributed by atoms with Crippen LogP contribution >= 0.6 is 22.6 Å². The third-order valence-electron chi connectivity index (χ3n) is 0.518. The van der Waals surface area contributed by atoms with Crippen molar-refractivity contribution in [3.63, 3.8) is 0 Å². The predicted octanol–water partition coefficient (Wildman–Crippen LogP) is 1.50. The van der Waals surface area contributed by atoms with Gasteiger partial charge < -0.3 is 4.74 Å². The lowest BCUT2D eigenvalue weighted by Gasteiger charge is -1.88. The average Bonchev–Trinajstić information content (AvgIpc) is 1.65. The Kier molecular flexibility index (Phi) is 3.85. The summed E-state index contributed by atoms with van der Waals surface area (Å²) in [6.07, 6.45) is 1.43. The predicted molar refractivity (Wildman–Crippen MR) is 39.8 cm³/mol. The lowest BCUT2D eigenvalue weighted by atomic mass is 10.5. The van der Waals surface area contributed by atoms with Crippen LogP contribution in [0.5, 0.6) is 0 Å². The summed E-state index contributed by atoms with van der Waals surface area (Å²) in [6.45, 7) is 1.83. The minimum Gasteiger partial charge on any atom is -0.466 e. The van der Waals surface area contributed by atoms with E-state index in [2.05, 4.69) is 4.74 Å². The van der Waals surface area contributed by atoms with Crippen molar-refractivity contribution >= 4 is 28.6 Å². The molecule has 0 rings (SSSR count). The molecule has 0 fully saturated rings. The van der Waals surface area contributed by atoms with Crippen molar-refractivity contribution in [2.45, 2.75) is 6.92 Å². The smallest absolute Gasteiger partial charge is 0.331 e. The molecule has 0 N–H and O–H groups in total. The summed E-state index contributed by atoms with van der Waals surface area (Å²) in [5.41, 5.74) is 0. The number of allylic oxidation sites excluding steroid dienone is 1. The molecule has 0 atom stereocenters. The van der Waals surface area contributed by atoms with Gasteiger partial charge in [-0.2, -0.15) is 0 Å². The number of carbonyl (C=O) groups excluding carboxylic acids is 1. The zero-order valence-corrected chi connectivity index (χ0v) is 6.93. The van der Waals surface area contributed by atoms with Gasteiger partial charge in [0, 0.05) is 6.08 Å². The van der Waals surface area contributed by atoms with Crippen LogP contribution in [-0.2, 0) is 9.53 Å². The first kappa shape index (κ1) is 7.94. The third kappa shape index (κ3) is 4.11. The van der Waals surface area contributed by atoms with Gasteiger partial charge in [0.2, 0.25) is 0 Å². The molecule has 8 heavy (non-hydrogen) atoms. The van der Waals surface area contributed by atoms with E-state index in [1.54, 1.807) is 0 Å². The number of hydrogen-bond acceptors (Lipinski definition) is 2. The molecule has 0 aromatic carbocycles. The van der Waals surface area contributed by atoms with Gasteiger partial charge in [-0.1, -0.05) is 0 Å². The topological polar surface area (TPSA) is 26.3 Å². The highest BCUT2D eigenvalue weighted by atomic mass is 127. The Labute approximate surface area is 62.0 Å². The van der Waals surface area contributed by atoms with E-state index in [-0.39, 0.29) is 5.97 Å². The van der Waals surface area contributed by atoms with Crippen molar-refractivity contribution in [1.82, 2.24) is 0 Å². The Bertz CT molecular complexity index is 114. The maximum atomic E-state index is 10.3. The zero-order chi connectivity index (χ0) is 6.57. The summed E-state index contributed by atoms with van der Waals surface area (Å²) in [5.74, 6) is -0.295. The molecule has 0 unspecified atom stereocenters. The van der Waals surface area contributed by atoms with Crippen LogP contribution in [0.4, 0.5) is 0 Å². The third-order valence-corrected chi connectivity index (χ3v) is 0.829. The molecule has 0 aliphatic heterocycles. The largest absolute Gasteiger partial charge is 0.466 e. The van der Waals surface area contributed by atoms with E-state index in [0.29, 0.717) is 0 Å². The van der Waals surface area contributed by atoms with Crippen LogP contribution in [0.2, 0.25) is 0 Å². The van der Waals surface area contributed by atoms with Gasteiger partial charge in [-0.15, -0.1) is 0 Å². The van der Waals surface area contributed by atoms with Crippen molar-refractivity contribution in [2.24, 2.45) is 0 Å². The van der Waals surface area contributed by atoms with E-state index < -0.39 is 0 Å². The average molecular weight is 226 g/mol. The van der Waals surface area contributed by atoms with E-state index in [4.69, 9.17) is 0 Å². The van der Waals surface area contributed by atoms with Gasteiger partial charge in [0.25, 0.3) is 0 Å². The quantitative estimate of drug-likeness (QED) is 0.384. The molecule has 0 aliphatic carbocycles. The number of methoxy groups -OCH3 is 1. The van der Waals surface area contributed by atoms with Gasteiger partial charge in [-0.3, -0.25) is 0 Å². The first-order valence-corrected chi connectivity index (χ1v) is 3.16. The van der Waals surface area contributed by atoms with Gasteiger partial charge in [0.15, 0.2) is 0 Å². The van der Waals surface area contributed by atoms with Crippen LogP contribution in [-0.4, -0.2) is 13.1 Å². The summed E-state index contributed by atoms with van der Waals surface area (Å²) >= 11 is 2.04. The molecule has 0 radical (unpaired) electrons. The van der Waals surface area contributed by atoms with Gasteiger partial charge in [0.05, 0.1) is 7.11 Å². The maximum absolute atomic E-state index is 10.3. The van der Waals surface area contributed by atoms with Crippen LogP contribution < -0.4 is 0 Å². The molecule has 0 heterocycles. The zero-order valence-electron chi connectivity index (χ0n) is 4.77. The van der Waals surface area contributed by atoms with Crippen molar-refractivity contribution in [3.05, 3.63) is 9.66 Å². The molecule has 0 aromatic heterocycles. The lowest BCUT2D eigenvalue weighted by molar-refractivity contribution is -0.134. The van der Waals surface area contributed by atoms with E-state index in [1.165, 1.54) is 13.2 Å². The number of ether oxygens (including phenoxy) is 1. The van der Waals surface area contributed by atoms with Gasteiger partial charge in [0.1, 0.15) is 0 Å². The molecule has 3 heteroatoms. The monoisotopic (exact) mass is 226 g/mol. The Hall–Kier alpha value is -0.0600. The summed E-state index contributed by atoms with van der Waals surface area (Å²) in [5, 5.41) is 0. The molecular formula is C5H7IO2. The van der Waals surface area contributed by atoms with Crippen molar-refractivity contribution in [2.75, 3.05) is 7.11 Å². The van der Waals surface area contributed by atoms with Gasteiger partial charge in [-0.05, 0) is 33.1 Å². The standard InChI is InChI=1S/C5H7IO2/c1-4(6)3-5(7)8-2/h3H,1-2H3. The van der Waals surface area contributed by atoms with Crippen molar-refractivity contribution in [1.29, 1.82) is 0 Å². The Morgan fingerprint density at radius 3 is 2.38 bits per heavy atom. The molecule has 2 nitrogen and oxygen atoms in total. The van der Waals surface area contributed by atoms with E-state index in [0.717, 1.165) is 3.58 Å². The first-order chi connectivity index (χ1) is 3.66. The number of hydrogen-bond donors (Lipinski definition) is 0. The minimum atomic E-state index is -0.295. The highest BCUT2D eigenvalue weighted by molar-refractivity contribution is 14.1. The van der Waals surface area contributed by atoms with E-state index in [9.17, 15) is 4.79 Å². The summed E-state index contributed by atoms with van der Waals surface area (Å²) in [7, 11) is 1.36. The normalized spacial score (nSPS) is 11.1. The summed E-state index contributed by atoms with van der Waals surface area (Å²) in [4.78, 5) is 10.3. The van der Waals surface area contributed by atoms with Crippen molar-refractivity contribution < 1.29 is 9.53 Å². The molecule has 0 bridgehead atoms. The van der Waals surface area contributed by atoms with Crippen LogP contribution in [0.15, 0.2) is 9.66 Å². The van der Waals surface area contributed by atoms with Crippen LogP contribution in [0, 0.1) is 0 Å². The highest BCUT2D eigenvalue weighted by Crippen LogP contribution is 2.01. The fourth-order valence-electron chi connectivity index (χ4n) is 0.221. The molecular weight excluding hydrogens is 219 g/mol. The van der Waals surface area contributed by atoms with Gasteiger partial charge in [-0.25, -0.2) is 4.79 Å². The van der Waals surface area contributed by atoms with Gasteiger partial charge >= 0.3 is 5.97 Å². The molecule has 0 saturated carbocycles. The van der Waals surface area contributed by atoms with Crippen LogP contribution in [0.3, 0.4) is 0 Å². The van der Waals surface area contributed by atoms with Crippen LogP contribution in [0.1, 0.15) is 6.92 Å². The molecule has 0 aliphatic rings. The highest BCUT2D eigenvalue weighted by Gasteiger charge is 1.90. The lowest BCUT2D eigenvalue weighted by Crippen LogP contribution is -1.93. The Morgan fingerprint density at radius 1 is 1.75 bits per heavy atom. The molecule has 0 aromatic rings. The maximum Gasteiger partial charge on any atom is 0.331 e. The SMILES string of the molecule is COC(=O)C=C(C)I. The fraction of sp³-hybridized carbons (Fsp3) is 0.400. The molecule has 46 valence electrons. The minimum absolute atomic E-state index is 0.295. The summed E-state index contributed by atoms with van der Waals surface area (Å²) < 4.78 is 5.27.